The van der Waals surface area contributed by atoms with Gasteiger partial charge in [-0.1, -0.05) is 54.6 Å². The lowest BCUT2D eigenvalue weighted by Gasteiger charge is -2.44. The Morgan fingerprint density at radius 2 is 1.63 bits per heavy atom. The Morgan fingerprint density at radius 3 is 2.52 bits per heavy atom. The van der Waals surface area contributed by atoms with Crippen LogP contribution in [0.15, 0.2) is 66.7 Å². The number of Topliss-reactive ketones (excluding diaryl/α,β-unsaturated/α-hetero) is 1. The number of hydrogen-bond donors (Lipinski definition) is 0. The Hall–Kier alpha value is -2.65. The number of hydrogen-bond acceptors (Lipinski definition) is 3. The van der Waals surface area contributed by atoms with Crippen molar-refractivity contribution in [2.24, 2.45) is 0 Å². The SMILES string of the molecule is O=C1CC2(CCN(Cc3cccc4ccccc34)CC2)Oc2ccccc21. The van der Waals surface area contributed by atoms with Gasteiger partial charge in [0.2, 0.25) is 0 Å². The number of rotatable bonds is 2. The summed E-state index contributed by atoms with van der Waals surface area (Å²) in [4.78, 5) is 15.1. The molecule has 136 valence electrons. The first kappa shape index (κ1) is 16.5. The molecule has 0 aromatic heterocycles. The van der Waals surface area contributed by atoms with E-state index in [4.69, 9.17) is 4.74 Å². The fourth-order valence-corrected chi connectivity index (χ4v) is 4.51. The maximum absolute atomic E-state index is 12.6. The number of para-hydroxylation sites is 1. The summed E-state index contributed by atoms with van der Waals surface area (Å²) in [6.45, 7) is 2.86. The Labute approximate surface area is 159 Å². The Bertz CT molecular complexity index is 997. The molecule has 3 aromatic carbocycles. The molecule has 2 aliphatic heterocycles. The van der Waals surface area contributed by atoms with E-state index in [1.807, 2.05) is 24.3 Å². The van der Waals surface area contributed by atoms with Gasteiger partial charge in [0.25, 0.3) is 0 Å². The second-order valence-electron chi connectivity index (χ2n) is 7.80. The summed E-state index contributed by atoms with van der Waals surface area (Å²) < 4.78 is 6.35. The molecule has 2 heterocycles. The maximum Gasteiger partial charge on any atom is 0.170 e. The minimum absolute atomic E-state index is 0.222. The number of carbonyl (C=O) groups is 1. The van der Waals surface area contributed by atoms with Crippen molar-refractivity contribution >= 4 is 16.6 Å². The summed E-state index contributed by atoms with van der Waals surface area (Å²) in [6.07, 6.45) is 2.31. The highest BCUT2D eigenvalue weighted by molar-refractivity contribution is 6.00. The number of ether oxygens (including phenoxy) is 1. The monoisotopic (exact) mass is 357 g/mol. The summed E-state index contributed by atoms with van der Waals surface area (Å²) in [5, 5.41) is 2.62. The molecule has 3 nitrogen and oxygen atoms in total. The van der Waals surface area contributed by atoms with E-state index in [2.05, 4.69) is 47.4 Å². The van der Waals surface area contributed by atoms with Crippen LogP contribution in [0.4, 0.5) is 0 Å². The summed E-state index contributed by atoms with van der Waals surface area (Å²) in [5.41, 5.74) is 1.79. The van der Waals surface area contributed by atoms with Crippen molar-refractivity contribution in [3.8, 4) is 5.75 Å². The minimum Gasteiger partial charge on any atom is -0.486 e. The molecule has 0 unspecified atom stereocenters. The molecule has 0 atom stereocenters. The zero-order valence-corrected chi connectivity index (χ0v) is 15.4. The Kier molecular flexibility index (Phi) is 3.98. The molecule has 0 aliphatic carbocycles. The van der Waals surface area contributed by atoms with Crippen molar-refractivity contribution in [2.45, 2.75) is 31.4 Å². The molecule has 5 rings (SSSR count). The lowest BCUT2D eigenvalue weighted by Crippen LogP contribution is -2.50. The van der Waals surface area contributed by atoms with Crippen molar-refractivity contribution in [3.63, 3.8) is 0 Å². The predicted octanol–water partition coefficient (Wildman–Crippen LogP) is 4.84. The molecule has 1 saturated heterocycles. The summed E-state index contributed by atoms with van der Waals surface area (Å²) in [5.74, 6) is 0.982. The van der Waals surface area contributed by atoms with E-state index in [0.29, 0.717) is 6.42 Å². The molecule has 0 N–H and O–H groups in total. The molecular formula is C24H23NO2. The molecule has 3 aromatic rings. The van der Waals surface area contributed by atoms with Crippen LogP contribution in [0, 0.1) is 0 Å². The van der Waals surface area contributed by atoms with Crippen LogP contribution in [-0.4, -0.2) is 29.4 Å². The van der Waals surface area contributed by atoms with Gasteiger partial charge < -0.3 is 4.74 Å². The zero-order valence-electron chi connectivity index (χ0n) is 15.4. The lowest BCUT2D eigenvalue weighted by molar-refractivity contribution is -0.0106. The highest BCUT2D eigenvalue weighted by atomic mass is 16.5. The first-order valence-electron chi connectivity index (χ1n) is 9.73. The van der Waals surface area contributed by atoms with Gasteiger partial charge in [0, 0.05) is 32.5 Å². The second-order valence-corrected chi connectivity index (χ2v) is 7.80. The molecule has 0 amide bonds. The van der Waals surface area contributed by atoms with Crippen molar-refractivity contribution in [1.29, 1.82) is 0 Å². The predicted molar refractivity (Wildman–Crippen MR) is 107 cm³/mol. The van der Waals surface area contributed by atoms with Crippen LogP contribution < -0.4 is 4.74 Å². The summed E-state index contributed by atoms with van der Waals surface area (Å²) in [6, 6.07) is 22.8. The van der Waals surface area contributed by atoms with Gasteiger partial charge in [-0.05, 0) is 28.5 Å². The average Bonchev–Trinajstić information content (AvgIpc) is 2.70. The van der Waals surface area contributed by atoms with Crippen LogP contribution >= 0.6 is 0 Å². The summed E-state index contributed by atoms with van der Waals surface area (Å²) >= 11 is 0. The fourth-order valence-electron chi connectivity index (χ4n) is 4.51. The van der Waals surface area contributed by atoms with E-state index in [1.165, 1.54) is 16.3 Å². The standard InChI is InChI=1S/C24H23NO2/c26-22-16-24(27-23-11-4-3-10-21(22)23)12-14-25(15-13-24)17-19-8-5-7-18-6-1-2-9-20(18)19/h1-11H,12-17H2. The number of benzene rings is 3. The normalized spacial score (nSPS) is 19.0. The van der Waals surface area contributed by atoms with Crippen LogP contribution in [0.3, 0.4) is 0 Å². The van der Waals surface area contributed by atoms with E-state index in [9.17, 15) is 4.79 Å². The molecular weight excluding hydrogens is 334 g/mol. The topological polar surface area (TPSA) is 29.5 Å². The molecule has 3 heteroatoms. The number of ketones is 1. The Morgan fingerprint density at radius 1 is 0.889 bits per heavy atom. The average molecular weight is 357 g/mol. The third kappa shape index (κ3) is 3.02. The van der Waals surface area contributed by atoms with Gasteiger partial charge in [-0.3, -0.25) is 9.69 Å². The van der Waals surface area contributed by atoms with E-state index in [-0.39, 0.29) is 11.4 Å². The van der Waals surface area contributed by atoms with Gasteiger partial charge in [-0.2, -0.15) is 0 Å². The van der Waals surface area contributed by atoms with Gasteiger partial charge in [0.05, 0.1) is 12.0 Å². The largest absolute Gasteiger partial charge is 0.486 e. The van der Waals surface area contributed by atoms with Gasteiger partial charge in [-0.25, -0.2) is 0 Å². The quantitative estimate of drug-likeness (QED) is 0.657. The van der Waals surface area contributed by atoms with Crippen LogP contribution in [0.5, 0.6) is 5.75 Å². The molecule has 1 fully saturated rings. The number of fused-ring (bicyclic) bond motifs is 2. The smallest absolute Gasteiger partial charge is 0.170 e. The first-order chi connectivity index (χ1) is 13.2. The first-order valence-corrected chi connectivity index (χ1v) is 9.73. The molecule has 0 saturated carbocycles. The van der Waals surface area contributed by atoms with E-state index < -0.39 is 0 Å². The highest BCUT2D eigenvalue weighted by Gasteiger charge is 2.42. The highest BCUT2D eigenvalue weighted by Crippen LogP contribution is 2.39. The van der Waals surface area contributed by atoms with Crippen LogP contribution in [0.2, 0.25) is 0 Å². The van der Waals surface area contributed by atoms with Crippen molar-refractivity contribution < 1.29 is 9.53 Å². The Balaban J connectivity index is 1.31. The van der Waals surface area contributed by atoms with E-state index in [1.54, 1.807) is 0 Å². The third-order valence-corrected chi connectivity index (χ3v) is 6.04. The van der Waals surface area contributed by atoms with Crippen LogP contribution in [0.1, 0.15) is 35.2 Å². The fraction of sp³-hybridized carbons (Fsp3) is 0.292. The van der Waals surface area contributed by atoms with Crippen LogP contribution in [0.25, 0.3) is 10.8 Å². The van der Waals surface area contributed by atoms with E-state index >= 15 is 0 Å². The molecule has 2 aliphatic rings. The van der Waals surface area contributed by atoms with Gasteiger partial charge in [0.15, 0.2) is 5.78 Å². The molecule has 0 radical (unpaired) electrons. The van der Waals surface area contributed by atoms with Gasteiger partial charge in [-0.15, -0.1) is 0 Å². The van der Waals surface area contributed by atoms with Gasteiger partial charge in [0.1, 0.15) is 11.4 Å². The molecule has 0 bridgehead atoms. The van der Waals surface area contributed by atoms with Crippen LogP contribution in [-0.2, 0) is 6.54 Å². The van der Waals surface area contributed by atoms with Crippen molar-refractivity contribution in [3.05, 3.63) is 77.9 Å². The van der Waals surface area contributed by atoms with Crippen molar-refractivity contribution in [2.75, 3.05) is 13.1 Å². The third-order valence-electron chi connectivity index (χ3n) is 6.04. The zero-order chi connectivity index (χ0) is 18.3. The number of likely N-dealkylation sites (tertiary alicyclic amines) is 1. The maximum atomic E-state index is 12.6. The number of carbonyl (C=O) groups excluding carboxylic acids is 1. The van der Waals surface area contributed by atoms with E-state index in [0.717, 1.165) is 43.8 Å². The summed E-state index contributed by atoms with van der Waals surface area (Å²) in [7, 11) is 0. The molecule has 1 spiro atoms. The minimum atomic E-state index is -0.319. The molecule has 27 heavy (non-hydrogen) atoms. The number of nitrogens with zero attached hydrogens (tertiary/aromatic N) is 1. The second kappa shape index (κ2) is 6.50. The van der Waals surface area contributed by atoms with Crippen molar-refractivity contribution in [1.82, 2.24) is 4.90 Å². The lowest BCUT2D eigenvalue weighted by atomic mass is 9.82. The number of piperidine rings is 1. The van der Waals surface area contributed by atoms with Gasteiger partial charge >= 0.3 is 0 Å².